The first kappa shape index (κ1) is 14.3. The third-order valence-corrected chi connectivity index (χ3v) is 3.87. The number of benzene rings is 2. The molecule has 1 heterocycles. The zero-order valence-corrected chi connectivity index (χ0v) is 12.9. The van der Waals surface area contributed by atoms with Crippen molar-refractivity contribution in [2.75, 3.05) is 5.32 Å². The van der Waals surface area contributed by atoms with Crippen molar-refractivity contribution in [3.05, 3.63) is 64.3 Å². The van der Waals surface area contributed by atoms with E-state index in [1.807, 2.05) is 6.07 Å². The molecule has 0 spiro atoms. The number of nitrogens with one attached hydrogen (secondary N) is 1. The summed E-state index contributed by atoms with van der Waals surface area (Å²) in [6.45, 7) is 0. The molecule has 0 unspecified atom stereocenters. The van der Waals surface area contributed by atoms with E-state index >= 15 is 0 Å². The summed E-state index contributed by atoms with van der Waals surface area (Å²) >= 11 is 3.32. The molecule has 2 aromatic carbocycles. The highest BCUT2D eigenvalue weighted by atomic mass is 79.9. The minimum Gasteiger partial charge on any atom is -0.449 e. The van der Waals surface area contributed by atoms with E-state index in [0.717, 1.165) is 0 Å². The fraction of sp³-hybridized carbons (Fsp3) is 0. The molecule has 0 saturated heterocycles. The molecule has 0 bridgehead atoms. The maximum atomic E-state index is 12.4. The second-order valence-corrected chi connectivity index (χ2v) is 5.45. The van der Waals surface area contributed by atoms with Crippen LogP contribution in [0, 0.1) is 0 Å². The summed E-state index contributed by atoms with van der Waals surface area (Å²) in [6.07, 6.45) is 0. The number of fused-ring (bicyclic) bond motifs is 1. The van der Waals surface area contributed by atoms with Crippen LogP contribution in [0.5, 0.6) is 0 Å². The molecular weight excluding hydrogens is 348 g/mol. The molecule has 0 saturated carbocycles. The largest absolute Gasteiger partial charge is 0.449 e. The van der Waals surface area contributed by atoms with E-state index in [0.29, 0.717) is 21.0 Å². The highest BCUT2D eigenvalue weighted by molar-refractivity contribution is 9.10. The van der Waals surface area contributed by atoms with Crippen LogP contribution < -0.4 is 11.1 Å². The van der Waals surface area contributed by atoms with Gasteiger partial charge in [0.25, 0.3) is 11.8 Å². The van der Waals surface area contributed by atoms with Crippen LogP contribution >= 0.6 is 15.9 Å². The molecule has 1 aromatic heterocycles. The molecule has 0 aliphatic rings. The predicted octanol–water partition coefficient (Wildman–Crippen LogP) is 3.55. The van der Waals surface area contributed by atoms with Gasteiger partial charge in [0.05, 0.1) is 5.56 Å². The van der Waals surface area contributed by atoms with Crippen molar-refractivity contribution >= 4 is 44.4 Å². The average Bonchev–Trinajstić information content (AvgIpc) is 2.87. The Hall–Kier alpha value is -2.60. The van der Waals surface area contributed by atoms with E-state index in [1.54, 1.807) is 42.5 Å². The zero-order valence-electron chi connectivity index (χ0n) is 11.3. The Morgan fingerprint density at radius 1 is 1.05 bits per heavy atom. The minimum atomic E-state index is -0.737. The number of carbonyl (C=O) groups excluding carboxylic acids is 2. The SMILES string of the molecule is NC(=O)c1oc2ccccc2c1NC(=O)c1ccccc1Br. The van der Waals surface area contributed by atoms with E-state index in [-0.39, 0.29) is 17.4 Å². The number of rotatable bonds is 3. The van der Waals surface area contributed by atoms with Crippen LogP contribution in [0.4, 0.5) is 5.69 Å². The van der Waals surface area contributed by atoms with E-state index in [2.05, 4.69) is 21.2 Å². The number of hydrogen-bond donors (Lipinski definition) is 2. The minimum absolute atomic E-state index is 0.0680. The van der Waals surface area contributed by atoms with E-state index in [4.69, 9.17) is 10.2 Å². The Labute approximate surface area is 134 Å². The highest BCUT2D eigenvalue weighted by Crippen LogP contribution is 2.31. The summed E-state index contributed by atoms with van der Waals surface area (Å²) in [6, 6.07) is 14.0. The summed E-state index contributed by atoms with van der Waals surface area (Å²) in [5.41, 5.74) is 6.54. The van der Waals surface area contributed by atoms with Crippen molar-refractivity contribution in [2.45, 2.75) is 0 Å². The van der Waals surface area contributed by atoms with Gasteiger partial charge in [0.15, 0.2) is 0 Å². The Morgan fingerprint density at radius 2 is 1.73 bits per heavy atom. The van der Waals surface area contributed by atoms with Crippen LogP contribution in [-0.4, -0.2) is 11.8 Å². The Balaban J connectivity index is 2.07. The third kappa shape index (κ3) is 2.48. The second-order valence-electron chi connectivity index (χ2n) is 4.60. The number of anilines is 1. The Bertz CT molecular complexity index is 886. The van der Waals surface area contributed by atoms with Crippen molar-refractivity contribution in [1.82, 2.24) is 0 Å². The van der Waals surface area contributed by atoms with Gasteiger partial charge < -0.3 is 15.5 Å². The van der Waals surface area contributed by atoms with Gasteiger partial charge in [-0.05, 0) is 40.2 Å². The number of carbonyl (C=O) groups is 2. The van der Waals surface area contributed by atoms with Crippen LogP contribution in [0.3, 0.4) is 0 Å². The first-order chi connectivity index (χ1) is 10.6. The first-order valence-electron chi connectivity index (χ1n) is 6.45. The van der Waals surface area contributed by atoms with Crippen LogP contribution in [0.25, 0.3) is 11.0 Å². The number of hydrogen-bond acceptors (Lipinski definition) is 3. The summed E-state index contributed by atoms with van der Waals surface area (Å²) < 4.78 is 6.08. The molecule has 22 heavy (non-hydrogen) atoms. The molecule has 3 aromatic rings. The summed E-state index contributed by atoms with van der Waals surface area (Å²) in [5, 5.41) is 3.33. The highest BCUT2D eigenvalue weighted by Gasteiger charge is 2.21. The molecule has 2 amide bonds. The average molecular weight is 359 g/mol. The number of amides is 2. The van der Waals surface area contributed by atoms with Gasteiger partial charge in [-0.25, -0.2) is 0 Å². The van der Waals surface area contributed by atoms with Crippen molar-refractivity contribution in [3.63, 3.8) is 0 Å². The molecule has 3 rings (SSSR count). The molecule has 3 N–H and O–H groups in total. The van der Waals surface area contributed by atoms with Gasteiger partial charge in [0.1, 0.15) is 11.3 Å². The van der Waals surface area contributed by atoms with Gasteiger partial charge in [-0.1, -0.05) is 24.3 Å². The number of primary amides is 1. The Morgan fingerprint density at radius 3 is 2.45 bits per heavy atom. The van der Waals surface area contributed by atoms with Gasteiger partial charge in [0.2, 0.25) is 5.76 Å². The monoisotopic (exact) mass is 358 g/mol. The van der Waals surface area contributed by atoms with Crippen molar-refractivity contribution < 1.29 is 14.0 Å². The van der Waals surface area contributed by atoms with Crippen molar-refractivity contribution in [1.29, 1.82) is 0 Å². The second kappa shape index (κ2) is 5.65. The van der Waals surface area contributed by atoms with Crippen LogP contribution in [0.15, 0.2) is 57.4 Å². The van der Waals surface area contributed by atoms with Crippen LogP contribution in [0.1, 0.15) is 20.9 Å². The molecule has 110 valence electrons. The lowest BCUT2D eigenvalue weighted by Crippen LogP contribution is -2.17. The first-order valence-corrected chi connectivity index (χ1v) is 7.24. The van der Waals surface area contributed by atoms with Gasteiger partial charge >= 0.3 is 0 Å². The number of nitrogens with two attached hydrogens (primary N) is 1. The van der Waals surface area contributed by atoms with Crippen molar-refractivity contribution in [3.8, 4) is 0 Å². The molecular formula is C16H11BrN2O3. The topological polar surface area (TPSA) is 85.3 Å². The summed E-state index contributed by atoms with van der Waals surface area (Å²) in [5.74, 6) is -1.17. The van der Waals surface area contributed by atoms with Crippen molar-refractivity contribution in [2.24, 2.45) is 5.73 Å². The fourth-order valence-corrected chi connectivity index (χ4v) is 2.63. The van der Waals surface area contributed by atoms with E-state index < -0.39 is 5.91 Å². The van der Waals surface area contributed by atoms with Gasteiger partial charge in [-0.2, -0.15) is 0 Å². The maximum Gasteiger partial charge on any atom is 0.286 e. The number of furan rings is 1. The number of halogens is 1. The lowest BCUT2D eigenvalue weighted by atomic mass is 10.2. The lowest BCUT2D eigenvalue weighted by Gasteiger charge is -2.06. The smallest absolute Gasteiger partial charge is 0.286 e. The van der Waals surface area contributed by atoms with Crippen LogP contribution in [-0.2, 0) is 0 Å². The predicted molar refractivity (Wildman–Crippen MR) is 86.8 cm³/mol. The molecule has 6 heteroatoms. The van der Waals surface area contributed by atoms with Gasteiger partial charge in [-0.3, -0.25) is 9.59 Å². The quantitative estimate of drug-likeness (QED) is 0.750. The van der Waals surface area contributed by atoms with E-state index in [9.17, 15) is 9.59 Å². The molecule has 5 nitrogen and oxygen atoms in total. The zero-order chi connectivity index (χ0) is 15.7. The van der Waals surface area contributed by atoms with E-state index in [1.165, 1.54) is 0 Å². The normalized spacial score (nSPS) is 10.6. The van der Waals surface area contributed by atoms with Gasteiger partial charge in [-0.15, -0.1) is 0 Å². The maximum absolute atomic E-state index is 12.4. The Kier molecular flexibility index (Phi) is 3.68. The van der Waals surface area contributed by atoms with Gasteiger partial charge in [0, 0.05) is 9.86 Å². The fourth-order valence-electron chi connectivity index (χ4n) is 2.17. The number of para-hydroxylation sites is 1. The molecule has 0 radical (unpaired) electrons. The molecule has 0 atom stereocenters. The molecule has 0 fully saturated rings. The molecule has 0 aliphatic carbocycles. The molecule has 0 aliphatic heterocycles. The summed E-state index contributed by atoms with van der Waals surface area (Å²) in [7, 11) is 0. The van der Waals surface area contributed by atoms with Crippen LogP contribution in [0.2, 0.25) is 0 Å². The standard InChI is InChI=1S/C16H11BrN2O3/c17-11-7-3-1-5-9(11)16(21)19-13-10-6-2-4-8-12(10)22-14(13)15(18)20/h1-8H,(H2,18,20)(H,19,21). The lowest BCUT2D eigenvalue weighted by molar-refractivity contribution is 0.0977. The summed E-state index contributed by atoms with van der Waals surface area (Å²) in [4.78, 5) is 24.0. The third-order valence-electron chi connectivity index (χ3n) is 3.18.